The van der Waals surface area contributed by atoms with Gasteiger partial charge in [0.15, 0.2) is 5.69 Å². The third-order valence-corrected chi connectivity index (χ3v) is 5.20. The summed E-state index contributed by atoms with van der Waals surface area (Å²) in [4.78, 5) is 40.2. The van der Waals surface area contributed by atoms with Crippen molar-refractivity contribution in [3.63, 3.8) is 0 Å². The number of carbonyl (C=O) groups is 3. The topological polar surface area (TPSA) is 108 Å². The summed E-state index contributed by atoms with van der Waals surface area (Å²) in [5, 5.41) is 16.2. The molecule has 2 N–H and O–H groups in total. The van der Waals surface area contributed by atoms with Crippen LogP contribution in [0.15, 0.2) is 0 Å². The van der Waals surface area contributed by atoms with Crippen LogP contribution in [0.4, 0.5) is 0 Å². The molecule has 0 radical (unpaired) electrons. The average Bonchev–Trinajstić information content (AvgIpc) is 2.93. The predicted octanol–water partition coefficient (Wildman–Crippen LogP) is -0.398. The van der Waals surface area contributed by atoms with Crippen molar-refractivity contribution in [1.29, 1.82) is 0 Å². The Bertz CT molecular complexity index is 742. The number of rotatable bonds is 4. The maximum absolute atomic E-state index is 12.8. The molecule has 2 aliphatic heterocycles. The highest BCUT2D eigenvalue weighted by atomic mass is 16.4. The van der Waals surface area contributed by atoms with E-state index in [9.17, 15) is 19.5 Å². The second kappa shape index (κ2) is 7.06. The first-order valence-corrected chi connectivity index (χ1v) is 8.88. The smallest absolute Gasteiger partial charge is 0.356 e. The molecule has 2 aliphatic rings. The lowest BCUT2D eigenvalue weighted by Crippen LogP contribution is -2.58. The molecular weight excluding hydrogens is 338 g/mol. The highest BCUT2D eigenvalue weighted by Crippen LogP contribution is 2.24. The van der Waals surface area contributed by atoms with Crippen molar-refractivity contribution in [2.24, 2.45) is 7.05 Å². The van der Waals surface area contributed by atoms with Crippen molar-refractivity contribution in [3.8, 4) is 0 Å². The number of piperazine rings is 1. The van der Waals surface area contributed by atoms with Crippen molar-refractivity contribution in [1.82, 2.24) is 24.9 Å². The quantitative estimate of drug-likeness (QED) is 0.754. The molecule has 0 aromatic carbocycles. The zero-order valence-corrected chi connectivity index (χ0v) is 15.4. The number of carboxylic acids is 1. The van der Waals surface area contributed by atoms with E-state index in [1.54, 1.807) is 16.6 Å². The van der Waals surface area contributed by atoms with E-state index >= 15 is 0 Å². The van der Waals surface area contributed by atoms with Gasteiger partial charge in [-0.05, 0) is 13.8 Å². The lowest BCUT2D eigenvalue weighted by molar-refractivity contribution is -0.140. The van der Waals surface area contributed by atoms with Gasteiger partial charge < -0.3 is 15.3 Å². The van der Waals surface area contributed by atoms with Crippen molar-refractivity contribution >= 4 is 17.8 Å². The minimum atomic E-state index is -1.09. The number of nitrogens with one attached hydrogen (secondary N) is 1. The van der Waals surface area contributed by atoms with Crippen LogP contribution in [0, 0.1) is 0 Å². The molecule has 1 aromatic heterocycles. The Kier molecular flexibility index (Phi) is 4.99. The van der Waals surface area contributed by atoms with E-state index in [2.05, 4.69) is 10.4 Å². The molecule has 3 rings (SSSR count). The molecule has 9 heteroatoms. The SMILES string of the molecule is CC(C)N1CCNC(=O)[C@@H]1CC(=O)N1CCc2c(c(C(=O)O)nn2C)C1. The number of nitrogens with zero attached hydrogens (tertiary/aromatic N) is 4. The van der Waals surface area contributed by atoms with Gasteiger partial charge in [0.1, 0.15) is 0 Å². The molecule has 3 heterocycles. The maximum atomic E-state index is 12.8. The summed E-state index contributed by atoms with van der Waals surface area (Å²) in [5.74, 6) is -1.35. The predicted molar refractivity (Wildman–Crippen MR) is 92.5 cm³/mol. The molecular formula is C17H25N5O4. The van der Waals surface area contributed by atoms with Crippen molar-refractivity contribution in [3.05, 3.63) is 17.0 Å². The van der Waals surface area contributed by atoms with Crippen LogP contribution in [0.2, 0.25) is 0 Å². The highest BCUT2D eigenvalue weighted by Gasteiger charge is 2.36. The summed E-state index contributed by atoms with van der Waals surface area (Å²) in [6.07, 6.45) is 0.657. The van der Waals surface area contributed by atoms with Gasteiger partial charge in [-0.3, -0.25) is 19.2 Å². The van der Waals surface area contributed by atoms with E-state index in [1.165, 1.54) is 0 Å². The van der Waals surface area contributed by atoms with E-state index < -0.39 is 12.0 Å². The lowest BCUT2D eigenvalue weighted by Gasteiger charge is -2.38. The van der Waals surface area contributed by atoms with Crippen LogP contribution >= 0.6 is 0 Å². The Hall–Kier alpha value is -2.42. The van der Waals surface area contributed by atoms with Crippen LogP contribution in [0.5, 0.6) is 0 Å². The van der Waals surface area contributed by atoms with Crippen LogP contribution in [0.1, 0.15) is 42.0 Å². The Morgan fingerprint density at radius 3 is 2.73 bits per heavy atom. The van der Waals surface area contributed by atoms with Crippen LogP contribution in [-0.2, 0) is 29.6 Å². The summed E-state index contributed by atoms with van der Waals surface area (Å²) in [5.41, 5.74) is 1.44. The number of carboxylic acid groups (broad SMARTS) is 1. The second-order valence-electron chi connectivity index (χ2n) is 7.11. The molecule has 1 fully saturated rings. The Labute approximate surface area is 151 Å². The summed E-state index contributed by atoms with van der Waals surface area (Å²) in [7, 11) is 1.72. The van der Waals surface area contributed by atoms with E-state index in [4.69, 9.17) is 0 Å². The minimum absolute atomic E-state index is 0.000726. The third-order valence-electron chi connectivity index (χ3n) is 5.20. The van der Waals surface area contributed by atoms with Crippen LogP contribution < -0.4 is 5.32 Å². The molecule has 0 unspecified atom stereocenters. The van der Waals surface area contributed by atoms with Crippen LogP contribution in [0.25, 0.3) is 0 Å². The summed E-state index contributed by atoms with van der Waals surface area (Å²) in [6, 6.07) is -0.311. The highest BCUT2D eigenvalue weighted by molar-refractivity contribution is 5.90. The van der Waals surface area contributed by atoms with Gasteiger partial charge in [0.2, 0.25) is 11.8 Å². The fraction of sp³-hybridized carbons (Fsp3) is 0.647. The van der Waals surface area contributed by atoms with Gasteiger partial charge in [-0.25, -0.2) is 4.79 Å². The largest absolute Gasteiger partial charge is 0.476 e. The number of hydrogen-bond donors (Lipinski definition) is 2. The van der Waals surface area contributed by atoms with Gasteiger partial charge >= 0.3 is 5.97 Å². The Balaban J connectivity index is 1.75. The number of aromatic carboxylic acids is 1. The standard InChI is InChI=1S/C17H25N5O4/c1-10(2)22-7-5-18-16(24)13(22)8-14(23)21-6-4-12-11(9-21)15(17(25)26)19-20(12)3/h10,13H,4-9H2,1-3H3,(H,18,24)(H,25,26)/t13-/m0/s1. The molecule has 1 saturated heterocycles. The molecule has 1 aromatic rings. The molecule has 0 aliphatic carbocycles. The molecule has 142 valence electrons. The molecule has 0 saturated carbocycles. The van der Waals surface area contributed by atoms with E-state index in [-0.39, 0.29) is 36.5 Å². The van der Waals surface area contributed by atoms with Crippen LogP contribution in [0.3, 0.4) is 0 Å². The third kappa shape index (κ3) is 3.31. The second-order valence-corrected chi connectivity index (χ2v) is 7.11. The van der Waals surface area contributed by atoms with Gasteiger partial charge in [0, 0.05) is 56.9 Å². The van der Waals surface area contributed by atoms with Gasteiger partial charge in [0.05, 0.1) is 12.5 Å². The lowest BCUT2D eigenvalue weighted by atomic mass is 10.0. The first-order chi connectivity index (χ1) is 12.3. The summed E-state index contributed by atoms with van der Waals surface area (Å²) in [6.45, 7) is 6.06. The number of aryl methyl sites for hydroxylation is 1. The van der Waals surface area contributed by atoms with E-state index in [1.807, 2.05) is 18.7 Å². The number of hydrogen-bond acceptors (Lipinski definition) is 5. The summed E-state index contributed by atoms with van der Waals surface area (Å²) >= 11 is 0. The van der Waals surface area contributed by atoms with Gasteiger partial charge in [-0.2, -0.15) is 5.10 Å². The number of amides is 2. The minimum Gasteiger partial charge on any atom is -0.476 e. The first kappa shape index (κ1) is 18.4. The van der Waals surface area contributed by atoms with Gasteiger partial charge in [-0.1, -0.05) is 0 Å². The number of fused-ring (bicyclic) bond motifs is 1. The summed E-state index contributed by atoms with van der Waals surface area (Å²) < 4.78 is 1.58. The monoisotopic (exact) mass is 363 g/mol. The molecule has 0 spiro atoms. The zero-order chi connectivity index (χ0) is 19.0. The molecule has 1 atom stereocenters. The van der Waals surface area contributed by atoms with Crippen molar-refractivity contribution in [2.45, 2.75) is 45.3 Å². The molecule has 26 heavy (non-hydrogen) atoms. The normalized spacial score (nSPS) is 20.8. The molecule has 2 amide bonds. The maximum Gasteiger partial charge on any atom is 0.356 e. The fourth-order valence-corrected chi connectivity index (χ4v) is 3.83. The zero-order valence-electron chi connectivity index (χ0n) is 15.4. The van der Waals surface area contributed by atoms with Crippen LogP contribution in [-0.4, -0.2) is 74.2 Å². The van der Waals surface area contributed by atoms with Crippen molar-refractivity contribution in [2.75, 3.05) is 19.6 Å². The van der Waals surface area contributed by atoms with Crippen molar-refractivity contribution < 1.29 is 19.5 Å². The fourth-order valence-electron chi connectivity index (χ4n) is 3.83. The van der Waals surface area contributed by atoms with E-state index in [0.717, 1.165) is 12.2 Å². The molecule has 0 bridgehead atoms. The first-order valence-electron chi connectivity index (χ1n) is 8.88. The van der Waals surface area contributed by atoms with Gasteiger partial charge in [-0.15, -0.1) is 0 Å². The average molecular weight is 363 g/mol. The van der Waals surface area contributed by atoms with Gasteiger partial charge in [0.25, 0.3) is 0 Å². The Morgan fingerprint density at radius 1 is 1.35 bits per heavy atom. The number of carbonyl (C=O) groups excluding carboxylic acids is 2. The number of aromatic nitrogens is 2. The Morgan fingerprint density at radius 2 is 2.08 bits per heavy atom. The van der Waals surface area contributed by atoms with E-state index in [0.29, 0.717) is 25.1 Å². The molecule has 9 nitrogen and oxygen atoms in total.